The highest BCUT2D eigenvalue weighted by molar-refractivity contribution is 9.10. The maximum absolute atomic E-state index is 11.4. The fraction of sp³-hybridized carbons (Fsp3) is 0.533. The quantitative estimate of drug-likeness (QED) is 0.751. The Morgan fingerprint density at radius 1 is 1.20 bits per heavy atom. The maximum atomic E-state index is 11.4. The summed E-state index contributed by atoms with van der Waals surface area (Å²) >= 11 is 3.63. The molecular formula is C15H22BrN3O. The standard InChI is InChI=1S/C15H22BrN3O/c1-4-17-12(6-5-9(2)3)10-7-13-14(8-11(10)16)19-15(20)18-13/h7-9,12,17H,4-6H2,1-3H3,(H2,18,19,20). The number of rotatable bonds is 6. The Kier molecular flexibility index (Phi) is 5.05. The molecule has 0 saturated carbocycles. The summed E-state index contributed by atoms with van der Waals surface area (Å²) in [6.45, 7) is 7.53. The van der Waals surface area contributed by atoms with Crippen molar-refractivity contribution in [2.45, 2.75) is 39.7 Å². The van der Waals surface area contributed by atoms with E-state index in [0.717, 1.165) is 28.5 Å². The Balaban J connectivity index is 2.35. The second-order valence-corrected chi connectivity index (χ2v) is 6.43. The van der Waals surface area contributed by atoms with Gasteiger partial charge in [-0.3, -0.25) is 0 Å². The van der Waals surface area contributed by atoms with E-state index in [-0.39, 0.29) is 5.69 Å². The third-order valence-corrected chi connectivity index (χ3v) is 4.18. The first-order valence-corrected chi connectivity index (χ1v) is 7.95. The second-order valence-electron chi connectivity index (χ2n) is 5.58. The van der Waals surface area contributed by atoms with Gasteiger partial charge >= 0.3 is 5.69 Å². The zero-order valence-corrected chi connectivity index (χ0v) is 13.8. The summed E-state index contributed by atoms with van der Waals surface area (Å²) in [6.07, 6.45) is 2.26. The van der Waals surface area contributed by atoms with Crippen molar-refractivity contribution in [3.63, 3.8) is 0 Å². The lowest BCUT2D eigenvalue weighted by Crippen LogP contribution is -2.21. The van der Waals surface area contributed by atoms with Crippen LogP contribution in [0.25, 0.3) is 11.0 Å². The van der Waals surface area contributed by atoms with Crippen LogP contribution in [0.4, 0.5) is 0 Å². The number of fused-ring (bicyclic) bond motifs is 1. The molecule has 0 spiro atoms. The maximum Gasteiger partial charge on any atom is 0.323 e. The number of benzene rings is 1. The van der Waals surface area contributed by atoms with Crippen LogP contribution in [0.5, 0.6) is 0 Å². The van der Waals surface area contributed by atoms with Crippen molar-refractivity contribution in [1.29, 1.82) is 0 Å². The molecule has 0 aliphatic carbocycles. The van der Waals surface area contributed by atoms with Crippen LogP contribution >= 0.6 is 15.9 Å². The lowest BCUT2D eigenvalue weighted by molar-refractivity contribution is 0.448. The monoisotopic (exact) mass is 339 g/mol. The highest BCUT2D eigenvalue weighted by atomic mass is 79.9. The van der Waals surface area contributed by atoms with E-state index in [9.17, 15) is 4.79 Å². The van der Waals surface area contributed by atoms with E-state index in [1.807, 2.05) is 6.07 Å². The molecule has 0 aliphatic rings. The molecule has 110 valence electrons. The minimum atomic E-state index is -0.161. The second kappa shape index (κ2) is 6.59. The summed E-state index contributed by atoms with van der Waals surface area (Å²) in [5, 5.41) is 3.53. The number of nitrogens with one attached hydrogen (secondary N) is 3. The van der Waals surface area contributed by atoms with Crippen molar-refractivity contribution in [1.82, 2.24) is 15.3 Å². The SMILES string of the molecule is CCNC(CCC(C)C)c1cc2[nH]c(=O)[nH]c2cc1Br. The molecule has 5 heteroatoms. The Hall–Kier alpha value is -1.07. The summed E-state index contributed by atoms with van der Waals surface area (Å²) in [5.74, 6) is 0.686. The van der Waals surface area contributed by atoms with E-state index in [4.69, 9.17) is 0 Å². The lowest BCUT2D eigenvalue weighted by atomic mass is 9.97. The molecule has 1 unspecified atom stereocenters. The third-order valence-electron chi connectivity index (χ3n) is 3.49. The number of hydrogen-bond acceptors (Lipinski definition) is 2. The topological polar surface area (TPSA) is 60.7 Å². The van der Waals surface area contributed by atoms with E-state index in [1.165, 1.54) is 12.0 Å². The molecule has 4 nitrogen and oxygen atoms in total. The van der Waals surface area contributed by atoms with Crippen LogP contribution in [0.1, 0.15) is 45.2 Å². The number of hydrogen-bond donors (Lipinski definition) is 3. The zero-order valence-electron chi connectivity index (χ0n) is 12.2. The Labute approximate surface area is 127 Å². The predicted octanol–water partition coefficient (Wildman–Crippen LogP) is 3.71. The number of aromatic nitrogens is 2. The van der Waals surface area contributed by atoms with Crippen molar-refractivity contribution < 1.29 is 0 Å². The largest absolute Gasteiger partial charge is 0.323 e. The van der Waals surface area contributed by atoms with Crippen LogP contribution in [0, 0.1) is 5.92 Å². The van der Waals surface area contributed by atoms with Gasteiger partial charge in [0.05, 0.1) is 11.0 Å². The molecular weight excluding hydrogens is 318 g/mol. The summed E-state index contributed by atoms with van der Waals surface area (Å²) in [7, 11) is 0. The van der Waals surface area contributed by atoms with Gasteiger partial charge in [0.15, 0.2) is 0 Å². The van der Waals surface area contributed by atoms with Crippen molar-refractivity contribution in [2.24, 2.45) is 5.92 Å². The van der Waals surface area contributed by atoms with Crippen LogP contribution in [0.15, 0.2) is 21.4 Å². The van der Waals surface area contributed by atoms with Crippen LogP contribution in [0.3, 0.4) is 0 Å². The molecule has 1 aromatic heterocycles. The lowest BCUT2D eigenvalue weighted by Gasteiger charge is -2.21. The Morgan fingerprint density at radius 3 is 2.45 bits per heavy atom. The normalized spacial score (nSPS) is 13.2. The molecule has 1 heterocycles. The molecule has 2 rings (SSSR count). The molecule has 0 amide bonds. The first kappa shape index (κ1) is 15.3. The van der Waals surface area contributed by atoms with Gasteiger partial charge in [-0.15, -0.1) is 0 Å². The number of H-pyrrole nitrogens is 2. The Morgan fingerprint density at radius 2 is 1.85 bits per heavy atom. The van der Waals surface area contributed by atoms with Gasteiger partial charge in [-0.25, -0.2) is 4.79 Å². The average Bonchev–Trinajstić information content (AvgIpc) is 2.72. The molecule has 2 aromatic rings. The van der Waals surface area contributed by atoms with Gasteiger partial charge in [0, 0.05) is 10.5 Å². The zero-order chi connectivity index (χ0) is 14.7. The van der Waals surface area contributed by atoms with Gasteiger partial charge in [-0.1, -0.05) is 36.7 Å². The first-order valence-electron chi connectivity index (χ1n) is 7.16. The predicted molar refractivity (Wildman–Crippen MR) is 87.1 cm³/mol. The molecule has 3 N–H and O–H groups in total. The van der Waals surface area contributed by atoms with Crippen molar-refractivity contribution in [3.05, 3.63) is 32.7 Å². The van der Waals surface area contributed by atoms with Gasteiger partial charge in [0.25, 0.3) is 0 Å². The van der Waals surface area contributed by atoms with Crippen molar-refractivity contribution in [3.8, 4) is 0 Å². The highest BCUT2D eigenvalue weighted by Crippen LogP contribution is 2.30. The van der Waals surface area contributed by atoms with Crippen LogP contribution in [-0.2, 0) is 0 Å². The molecule has 20 heavy (non-hydrogen) atoms. The summed E-state index contributed by atoms with van der Waals surface area (Å²) < 4.78 is 1.04. The van der Waals surface area contributed by atoms with Gasteiger partial charge in [0.2, 0.25) is 0 Å². The van der Waals surface area contributed by atoms with E-state index in [2.05, 4.69) is 58.1 Å². The minimum absolute atomic E-state index is 0.161. The van der Waals surface area contributed by atoms with Gasteiger partial charge in [-0.2, -0.15) is 0 Å². The van der Waals surface area contributed by atoms with E-state index in [0.29, 0.717) is 12.0 Å². The summed E-state index contributed by atoms with van der Waals surface area (Å²) in [6, 6.07) is 4.34. The van der Waals surface area contributed by atoms with Crippen molar-refractivity contribution >= 4 is 27.0 Å². The van der Waals surface area contributed by atoms with Crippen LogP contribution < -0.4 is 11.0 Å². The van der Waals surface area contributed by atoms with E-state index < -0.39 is 0 Å². The number of halogens is 1. The smallest absolute Gasteiger partial charge is 0.310 e. The molecule has 0 radical (unpaired) electrons. The highest BCUT2D eigenvalue weighted by Gasteiger charge is 2.16. The summed E-state index contributed by atoms with van der Waals surface area (Å²) in [4.78, 5) is 17.0. The third kappa shape index (κ3) is 3.52. The molecule has 1 aromatic carbocycles. The molecule has 1 atom stereocenters. The van der Waals surface area contributed by atoms with Crippen LogP contribution in [-0.4, -0.2) is 16.5 Å². The average molecular weight is 340 g/mol. The van der Waals surface area contributed by atoms with Crippen molar-refractivity contribution in [2.75, 3.05) is 6.54 Å². The molecule has 0 saturated heterocycles. The minimum Gasteiger partial charge on any atom is -0.310 e. The van der Waals surface area contributed by atoms with Crippen LogP contribution in [0.2, 0.25) is 0 Å². The molecule has 0 aliphatic heterocycles. The molecule has 0 fully saturated rings. The van der Waals surface area contributed by atoms with Gasteiger partial charge < -0.3 is 15.3 Å². The number of imidazole rings is 1. The fourth-order valence-corrected chi connectivity index (χ4v) is 3.07. The number of aromatic amines is 2. The molecule has 0 bridgehead atoms. The van der Waals surface area contributed by atoms with E-state index in [1.54, 1.807) is 0 Å². The summed E-state index contributed by atoms with van der Waals surface area (Å²) in [5.41, 5.74) is 2.74. The van der Waals surface area contributed by atoms with Gasteiger partial charge in [-0.05, 0) is 43.0 Å². The van der Waals surface area contributed by atoms with E-state index >= 15 is 0 Å². The Bertz CT molecular complexity index is 630. The fourth-order valence-electron chi connectivity index (χ4n) is 2.45. The van der Waals surface area contributed by atoms with Gasteiger partial charge in [0.1, 0.15) is 0 Å². The first-order chi connectivity index (χ1) is 9.51.